The van der Waals surface area contributed by atoms with Gasteiger partial charge in [0.25, 0.3) is 0 Å². The Labute approximate surface area is 125 Å². The molecule has 1 aromatic carbocycles. The van der Waals surface area contributed by atoms with Crippen molar-refractivity contribution in [1.82, 2.24) is 5.32 Å². The van der Waals surface area contributed by atoms with Crippen LogP contribution in [-0.2, 0) is 0 Å². The van der Waals surface area contributed by atoms with Crippen molar-refractivity contribution in [1.29, 1.82) is 0 Å². The molecular formula is C17H23N3O. The van der Waals surface area contributed by atoms with E-state index in [2.05, 4.69) is 10.6 Å². The normalized spacial score (nSPS) is 36.5. The molecule has 112 valence electrons. The van der Waals surface area contributed by atoms with E-state index in [1.807, 2.05) is 12.1 Å². The fourth-order valence-corrected chi connectivity index (χ4v) is 5.23. The van der Waals surface area contributed by atoms with Gasteiger partial charge in [-0.25, -0.2) is 4.79 Å². The van der Waals surface area contributed by atoms with Gasteiger partial charge in [-0.15, -0.1) is 0 Å². The third-order valence-corrected chi connectivity index (χ3v) is 5.59. The molecule has 4 bridgehead atoms. The summed E-state index contributed by atoms with van der Waals surface area (Å²) in [5, 5.41) is 6.24. The molecule has 0 aromatic heterocycles. The second-order valence-corrected chi connectivity index (χ2v) is 7.40. The van der Waals surface area contributed by atoms with E-state index in [9.17, 15) is 4.79 Å². The molecule has 1 aromatic rings. The van der Waals surface area contributed by atoms with E-state index in [1.165, 1.54) is 38.5 Å². The minimum absolute atomic E-state index is 0.0621. The Morgan fingerprint density at radius 3 is 2.05 bits per heavy atom. The predicted octanol–water partition coefficient (Wildman–Crippen LogP) is 3.36. The summed E-state index contributed by atoms with van der Waals surface area (Å²) < 4.78 is 0. The van der Waals surface area contributed by atoms with Gasteiger partial charge in [0.05, 0.1) is 0 Å². The number of amides is 2. The number of urea groups is 1. The molecule has 21 heavy (non-hydrogen) atoms. The number of hydrogen-bond acceptors (Lipinski definition) is 2. The second kappa shape index (κ2) is 4.65. The maximum absolute atomic E-state index is 12.3. The molecule has 4 heteroatoms. The fraction of sp³-hybridized carbons (Fsp3) is 0.588. The lowest BCUT2D eigenvalue weighted by Gasteiger charge is -2.56. The van der Waals surface area contributed by atoms with Crippen LogP contribution >= 0.6 is 0 Å². The summed E-state index contributed by atoms with van der Waals surface area (Å²) in [7, 11) is 0. The van der Waals surface area contributed by atoms with Crippen LogP contribution in [0.1, 0.15) is 38.5 Å². The molecule has 0 atom stereocenters. The largest absolute Gasteiger partial charge is 0.399 e. The van der Waals surface area contributed by atoms with E-state index in [0.29, 0.717) is 5.69 Å². The molecule has 0 spiro atoms. The lowest BCUT2D eigenvalue weighted by atomic mass is 9.53. The van der Waals surface area contributed by atoms with Crippen molar-refractivity contribution in [2.75, 3.05) is 11.1 Å². The van der Waals surface area contributed by atoms with Crippen LogP contribution in [0.4, 0.5) is 16.2 Å². The number of hydrogen-bond donors (Lipinski definition) is 3. The van der Waals surface area contributed by atoms with Crippen LogP contribution in [0.25, 0.3) is 0 Å². The number of carbonyl (C=O) groups excluding carboxylic acids is 1. The van der Waals surface area contributed by atoms with E-state index >= 15 is 0 Å². The highest BCUT2D eigenvalue weighted by atomic mass is 16.2. The third kappa shape index (κ3) is 2.47. The van der Waals surface area contributed by atoms with Gasteiger partial charge in [-0.2, -0.15) is 0 Å². The van der Waals surface area contributed by atoms with Gasteiger partial charge in [-0.1, -0.05) is 0 Å². The van der Waals surface area contributed by atoms with Gasteiger partial charge in [0.2, 0.25) is 0 Å². The predicted molar refractivity (Wildman–Crippen MR) is 83.9 cm³/mol. The summed E-state index contributed by atoms with van der Waals surface area (Å²) in [6.45, 7) is 0. The Balaban J connectivity index is 1.43. The van der Waals surface area contributed by atoms with Crippen LogP contribution in [0, 0.1) is 17.8 Å². The number of nitrogens with one attached hydrogen (secondary N) is 2. The van der Waals surface area contributed by atoms with Gasteiger partial charge >= 0.3 is 6.03 Å². The Bertz CT molecular complexity index is 516. The van der Waals surface area contributed by atoms with E-state index in [4.69, 9.17) is 5.73 Å². The highest BCUT2D eigenvalue weighted by Gasteiger charge is 2.51. The van der Waals surface area contributed by atoms with Crippen molar-refractivity contribution in [2.24, 2.45) is 17.8 Å². The third-order valence-electron chi connectivity index (χ3n) is 5.59. The smallest absolute Gasteiger partial charge is 0.319 e. The summed E-state index contributed by atoms with van der Waals surface area (Å²) in [6.07, 6.45) is 7.69. The number of benzene rings is 1. The molecule has 0 saturated heterocycles. The molecule has 2 amide bonds. The van der Waals surface area contributed by atoms with Crippen molar-refractivity contribution in [3.05, 3.63) is 24.3 Å². The Kier molecular flexibility index (Phi) is 2.88. The molecule has 4 fully saturated rings. The average molecular weight is 285 g/mol. The lowest BCUT2D eigenvalue weighted by Crippen LogP contribution is -2.60. The molecule has 0 heterocycles. The zero-order chi connectivity index (χ0) is 14.4. The van der Waals surface area contributed by atoms with Crippen LogP contribution in [0.5, 0.6) is 0 Å². The van der Waals surface area contributed by atoms with Gasteiger partial charge in [0.1, 0.15) is 0 Å². The fourth-order valence-electron chi connectivity index (χ4n) is 5.23. The summed E-state index contributed by atoms with van der Waals surface area (Å²) in [4.78, 5) is 12.3. The topological polar surface area (TPSA) is 67.1 Å². The quantitative estimate of drug-likeness (QED) is 0.729. The van der Waals surface area contributed by atoms with Crippen LogP contribution < -0.4 is 16.4 Å². The highest BCUT2D eigenvalue weighted by Crippen LogP contribution is 2.55. The molecule has 0 aliphatic heterocycles. The molecular weight excluding hydrogens is 262 g/mol. The minimum Gasteiger partial charge on any atom is -0.399 e. The molecule has 4 saturated carbocycles. The van der Waals surface area contributed by atoms with Gasteiger partial charge in [-0.3, -0.25) is 0 Å². The Morgan fingerprint density at radius 2 is 1.52 bits per heavy atom. The number of rotatable bonds is 2. The number of nitrogen functional groups attached to an aromatic ring is 1. The first-order valence-electron chi connectivity index (χ1n) is 8.05. The van der Waals surface area contributed by atoms with E-state index in [-0.39, 0.29) is 11.6 Å². The number of nitrogens with two attached hydrogens (primary N) is 1. The summed E-state index contributed by atoms with van der Waals surface area (Å²) in [6, 6.07) is 7.23. The maximum Gasteiger partial charge on any atom is 0.319 e. The van der Waals surface area contributed by atoms with Crippen LogP contribution in [0.2, 0.25) is 0 Å². The van der Waals surface area contributed by atoms with Gasteiger partial charge in [0, 0.05) is 16.9 Å². The molecule has 4 N–H and O–H groups in total. The van der Waals surface area contributed by atoms with E-state index in [1.54, 1.807) is 12.1 Å². The zero-order valence-electron chi connectivity index (χ0n) is 12.3. The van der Waals surface area contributed by atoms with Crippen LogP contribution in [-0.4, -0.2) is 11.6 Å². The molecule has 4 aliphatic carbocycles. The highest BCUT2D eigenvalue weighted by molar-refractivity contribution is 5.90. The van der Waals surface area contributed by atoms with Crippen molar-refractivity contribution < 1.29 is 4.79 Å². The molecule has 0 radical (unpaired) electrons. The average Bonchev–Trinajstić information content (AvgIpc) is 2.39. The summed E-state index contributed by atoms with van der Waals surface area (Å²) >= 11 is 0. The zero-order valence-corrected chi connectivity index (χ0v) is 12.3. The summed E-state index contributed by atoms with van der Waals surface area (Å²) in [5.74, 6) is 2.52. The van der Waals surface area contributed by atoms with Gasteiger partial charge in [0.15, 0.2) is 0 Å². The maximum atomic E-state index is 12.3. The van der Waals surface area contributed by atoms with Gasteiger partial charge in [-0.05, 0) is 80.5 Å². The molecule has 0 unspecified atom stereocenters. The Morgan fingerprint density at radius 1 is 1.00 bits per heavy atom. The first kappa shape index (κ1) is 13.0. The minimum atomic E-state index is -0.0679. The molecule has 4 nitrogen and oxygen atoms in total. The number of anilines is 2. The van der Waals surface area contributed by atoms with Gasteiger partial charge < -0.3 is 16.4 Å². The van der Waals surface area contributed by atoms with Crippen LogP contribution in [0.15, 0.2) is 24.3 Å². The van der Waals surface area contributed by atoms with Crippen molar-refractivity contribution in [3.63, 3.8) is 0 Å². The first-order valence-corrected chi connectivity index (χ1v) is 8.05. The molecule has 5 rings (SSSR count). The number of carbonyl (C=O) groups is 1. The second-order valence-electron chi connectivity index (χ2n) is 7.40. The summed E-state index contributed by atoms with van der Waals surface area (Å²) in [5.41, 5.74) is 7.23. The van der Waals surface area contributed by atoms with Crippen molar-refractivity contribution in [2.45, 2.75) is 44.1 Å². The molecule has 4 aliphatic rings. The van der Waals surface area contributed by atoms with E-state index < -0.39 is 0 Å². The SMILES string of the molecule is Nc1ccc(NC(=O)NC23CC4CC(CC(C4)C2)C3)cc1. The van der Waals surface area contributed by atoms with Crippen molar-refractivity contribution >= 4 is 17.4 Å². The lowest BCUT2D eigenvalue weighted by molar-refractivity contribution is -0.0127. The van der Waals surface area contributed by atoms with Crippen LogP contribution in [0.3, 0.4) is 0 Å². The van der Waals surface area contributed by atoms with Crippen molar-refractivity contribution in [3.8, 4) is 0 Å². The standard InChI is InChI=1S/C17H23N3O/c18-14-1-3-15(4-2-14)19-16(21)20-17-8-11-5-12(9-17)7-13(6-11)10-17/h1-4,11-13H,5-10,18H2,(H2,19,20,21). The monoisotopic (exact) mass is 285 g/mol. The van der Waals surface area contributed by atoms with E-state index in [0.717, 1.165) is 23.4 Å². The Hall–Kier alpha value is -1.71. The first-order chi connectivity index (χ1) is 10.1.